The summed E-state index contributed by atoms with van der Waals surface area (Å²) in [7, 11) is 1.88. The maximum atomic E-state index is 13.5. The van der Waals surface area contributed by atoms with Gasteiger partial charge in [-0.05, 0) is 18.9 Å². The summed E-state index contributed by atoms with van der Waals surface area (Å²) in [4.78, 5) is 12.7. The molecule has 3 aliphatic rings. The minimum atomic E-state index is -2.63. The molecule has 2 heterocycles. The Morgan fingerprint density at radius 3 is 2.71 bits per heavy atom. The number of hydrogen-bond donors (Lipinski definition) is 1. The average Bonchev–Trinajstić information content (AvgIpc) is 3.11. The van der Waals surface area contributed by atoms with Crippen LogP contribution in [0.3, 0.4) is 0 Å². The molecule has 1 aliphatic carbocycles. The molecule has 0 atom stereocenters. The monoisotopic (exact) mass is 389 g/mol. The van der Waals surface area contributed by atoms with Gasteiger partial charge in [0.15, 0.2) is 0 Å². The van der Waals surface area contributed by atoms with Gasteiger partial charge in [0.1, 0.15) is 5.75 Å². The van der Waals surface area contributed by atoms with E-state index in [0.717, 1.165) is 16.8 Å². The molecule has 0 aromatic heterocycles. The van der Waals surface area contributed by atoms with Crippen molar-refractivity contribution < 1.29 is 18.4 Å². The highest BCUT2D eigenvalue weighted by Crippen LogP contribution is 2.41. The van der Waals surface area contributed by atoms with E-state index in [2.05, 4.69) is 5.32 Å². The van der Waals surface area contributed by atoms with E-state index in [1.807, 2.05) is 30.4 Å². The number of allylic oxidation sites excluding steroid dienone is 1. The summed E-state index contributed by atoms with van der Waals surface area (Å²) in [6.07, 6.45) is 5.66. The summed E-state index contributed by atoms with van der Waals surface area (Å²) in [5, 5.41) is 14.6. The Morgan fingerprint density at radius 2 is 2.00 bits per heavy atom. The number of nitro groups is 1. The third-order valence-corrected chi connectivity index (χ3v) is 5.27. The SMILES string of the molecule is CN1C=C2NCC=C2C(c2cc([N+](=O)[O-])ccc2OC2CCC(F)(F)CC2)=C1. The maximum absolute atomic E-state index is 13.5. The van der Waals surface area contributed by atoms with Crippen LogP contribution in [0.25, 0.3) is 5.57 Å². The molecule has 4 rings (SSSR count). The van der Waals surface area contributed by atoms with Crippen LogP contribution < -0.4 is 10.1 Å². The molecule has 2 aliphatic heterocycles. The Hall–Kier alpha value is -2.90. The van der Waals surface area contributed by atoms with Crippen LogP contribution in [0.5, 0.6) is 5.75 Å². The number of fused-ring (bicyclic) bond motifs is 1. The van der Waals surface area contributed by atoms with Gasteiger partial charge in [0.25, 0.3) is 5.69 Å². The molecule has 1 saturated carbocycles. The molecular formula is C20H21F2N3O3. The Bertz CT molecular complexity index is 898. The second-order valence-electron chi connectivity index (χ2n) is 7.36. The number of hydrogen-bond acceptors (Lipinski definition) is 5. The lowest BCUT2D eigenvalue weighted by atomic mass is 9.93. The minimum absolute atomic E-state index is 0.0382. The zero-order valence-electron chi connectivity index (χ0n) is 15.5. The molecule has 1 fully saturated rings. The van der Waals surface area contributed by atoms with Crippen molar-refractivity contribution in [3.05, 3.63) is 63.6 Å². The van der Waals surface area contributed by atoms with Crippen molar-refractivity contribution in [2.75, 3.05) is 13.6 Å². The van der Waals surface area contributed by atoms with Gasteiger partial charge in [0.05, 0.1) is 16.7 Å². The van der Waals surface area contributed by atoms with Crippen LogP contribution in [-0.4, -0.2) is 35.4 Å². The number of non-ortho nitro benzene ring substituents is 1. The molecule has 0 unspecified atom stereocenters. The normalized spacial score (nSPS) is 21.2. The van der Waals surface area contributed by atoms with Gasteiger partial charge in [0, 0.05) is 67.7 Å². The van der Waals surface area contributed by atoms with Gasteiger partial charge in [-0.1, -0.05) is 6.08 Å². The van der Waals surface area contributed by atoms with E-state index in [1.54, 1.807) is 6.07 Å². The lowest BCUT2D eigenvalue weighted by molar-refractivity contribution is -0.384. The first-order valence-corrected chi connectivity index (χ1v) is 9.26. The molecule has 0 bridgehead atoms. The molecule has 148 valence electrons. The molecule has 0 saturated heterocycles. The van der Waals surface area contributed by atoms with Gasteiger partial charge in [-0.25, -0.2) is 8.78 Å². The topological polar surface area (TPSA) is 67.6 Å². The smallest absolute Gasteiger partial charge is 0.270 e. The first-order valence-electron chi connectivity index (χ1n) is 9.26. The van der Waals surface area contributed by atoms with E-state index in [9.17, 15) is 18.9 Å². The Kier molecular flexibility index (Phi) is 4.56. The Labute approximate surface area is 161 Å². The molecule has 1 aromatic rings. The predicted octanol–water partition coefficient (Wildman–Crippen LogP) is 4.21. The Balaban J connectivity index is 1.69. The molecule has 0 radical (unpaired) electrons. The van der Waals surface area contributed by atoms with Crippen LogP contribution >= 0.6 is 0 Å². The number of benzene rings is 1. The van der Waals surface area contributed by atoms with Crippen LogP contribution in [-0.2, 0) is 0 Å². The van der Waals surface area contributed by atoms with Crippen LogP contribution in [0, 0.1) is 10.1 Å². The highest BCUT2D eigenvalue weighted by atomic mass is 19.3. The van der Waals surface area contributed by atoms with Crippen molar-refractivity contribution in [3.63, 3.8) is 0 Å². The van der Waals surface area contributed by atoms with Crippen molar-refractivity contribution >= 4 is 11.3 Å². The van der Waals surface area contributed by atoms with E-state index < -0.39 is 10.8 Å². The number of nitro benzene ring substituents is 1. The van der Waals surface area contributed by atoms with E-state index in [1.165, 1.54) is 12.1 Å². The highest BCUT2D eigenvalue weighted by molar-refractivity contribution is 5.88. The lowest BCUT2D eigenvalue weighted by Crippen LogP contribution is -2.31. The van der Waals surface area contributed by atoms with E-state index in [0.29, 0.717) is 17.9 Å². The quantitative estimate of drug-likeness (QED) is 0.617. The Morgan fingerprint density at radius 1 is 1.25 bits per heavy atom. The first kappa shape index (κ1) is 18.5. The molecule has 0 amide bonds. The maximum Gasteiger partial charge on any atom is 0.270 e. The number of nitrogens with zero attached hydrogens (tertiary/aromatic N) is 2. The second-order valence-corrected chi connectivity index (χ2v) is 7.36. The van der Waals surface area contributed by atoms with Gasteiger partial charge >= 0.3 is 0 Å². The average molecular weight is 389 g/mol. The van der Waals surface area contributed by atoms with Crippen LogP contribution in [0.2, 0.25) is 0 Å². The number of halogens is 2. The van der Waals surface area contributed by atoms with E-state index >= 15 is 0 Å². The molecular weight excluding hydrogens is 368 g/mol. The second kappa shape index (κ2) is 6.92. The minimum Gasteiger partial charge on any atom is -0.490 e. The van der Waals surface area contributed by atoms with E-state index in [4.69, 9.17) is 4.74 Å². The predicted molar refractivity (Wildman–Crippen MR) is 101 cm³/mol. The zero-order valence-corrected chi connectivity index (χ0v) is 15.5. The van der Waals surface area contributed by atoms with E-state index in [-0.39, 0.29) is 37.5 Å². The summed E-state index contributed by atoms with van der Waals surface area (Å²) in [6.45, 7) is 0.676. The van der Waals surface area contributed by atoms with Gasteiger partial charge in [-0.3, -0.25) is 10.1 Å². The van der Waals surface area contributed by atoms with Crippen LogP contribution in [0.15, 0.2) is 47.9 Å². The molecule has 28 heavy (non-hydrogen) atoms. The standard InChI is InChI=1S/C20H21F2N3O3/c1-24-11-17(15-6-9-23-18(15)12-24)16-10-13(25(26)27)2-3-19(16)28-14-4-7-20(21,22)8-5-14/h2-3,6,10-12,14,23H,4-5,7-9H2,1H3. The third-order valence-electron chi connectivity index (χ3n) is 5.27. The molecule has 1 aromatic carbocycles. The summed E-state index contributed by atoms with van der Waals surface area (Å²) >= 11 is 0. The fraction of sp³-hybridized carbons (Fsp3) is 0.400. The molecule has 8 heteroatoms. The first-order chi connectivity index (χ1) is 13.3. The molecule has 6 nitrogen and oxygen atoms in total. The van der Waals surface area contributed by atoms with Gasteiger partial charge in [-0.2, -0.15) is 0 Å². The lowest BCUT2D eigenvalue weighted by Gasteiger charge is -2.30. The van der Waals surface area contributed by atoms with Crippen LogP contribution in [0.4, 0.5) is 14.5 Å². The van der Waals surface area contributed by atoms with Gasteiger partial charge < -0.3 is 15.0 Å². The van der Waals surface area contributed by atoms with Gasteiger partial charge in [-0.15, -0.1) is 0 Å². The number of rotatable bonds is 4. The fourth-order valence-corrected chi connectivity index (χ4v) is 3.82. The zero-order chi connectivity index (χ0) is 19.9. The molecule has 1 N–H and O–H groups in total. The van der Waals surface area contributed by atoms with Crippen LogP contribution in [0.1, 0.15) is 31.2 Å². The summed E-state index contributed by atoms with van der Waals surface area (Å²) in [6, 6.07) is 4.46. The largest absolute Gasteiger partial charge is 0.490 e. The molecule has 0 spiro atoms. The summed E-state index contributed by atoms with van der Waals surface area (Å²) in [5.74, 6) is -2.15. The third kappa shape index (κ3) is 3.58. The highest BCUT2D eigenvalue weighted by Gasteiger charge is 2.36. The van der Waals surface area contributed by atoms with Crippen molar-refractivity contribution in [2.45, 2.75) is 37.7 Å². The number of nitrogens with one attached hydrogen (secondary N) is 1. The summed E-state index contributed by atoms with van der Waals surface area (Å²) in [5.41, 5.74) is 3.26. The van der Waals surface area contributed by atoms with Crippen molar-refractivity contribution in [3.8, 4) is 5.75 Å². The summed E-state index contributed by atoms with van der Waals surface area (Å²) < 4.78 is 33.0. The number of alkyl halides is 2. The van der Waals surface area contributed by atoms with Crippen molar-refractivity contribution in [1.82, 2.24) is 10.2 Å². The fourth-order valence-electron chi connectivity index (χ4n) is 3.82. The number of ether oxygens (including phenoxy) is 1. The van der Waals surface area contributed by atoms with Crippen molar-refractivity contribution in [1.29, 1.82) is 0 Å². The van der Waals surface area contributed by atoms with Gasteiger partial charge in [0.2, 0.25) is 5.92 Å². The van der Waals surface area contributed by atoms with Crippen molar-refractivity contribution in [2.24, 2.45) is 0 Å².